The van der Waals surface area contributed by atoms with E-state index in [0.717, 1.165) is 6.54 Å². The standard InChI is InChI=1S/C18H18N2S/c1-14(15-7-9-19-10-8-15)20-12-18-11-17(13-21-18)16-5-3-2-4-6-16/h2-11,13-14,20H,12H2,1H3/t14-/m0/s1. The van der Waals surface area contributed by atoms with Gasteiger partial charge in [-0.3, -0.25) is 4.98 Å². The molecule has 3 aromatic rings. The molecule has 1 N–H and O–H groups in total. The summed E-state index contributed by atoms with van der Waals surface area (Å²) in [5.74, 6) is 0. The summed E-state index contributed by atoms with van der Waals surface area (Å²) in [5, 5.41) is 5.79. The molecular weight excluding hydrogens is 276 g/mol. The van der Waals surface area contributed by atoms with Gasteiger partial charge < -0.3 is 5.32 Å². The number of benzene rings is 1. The van der Waals surface area contributed by atoms with E-state index in [4.69, 9.17) is 0 Å². The summed E-state index contributed by atoms with van der Waals surface area (Å²) in [5.41, 5.74) is 3.85. The van der Waals surface area contributed by atoms with Gasteiger partial charge in [0.25, 0.3) is 0 Å². The smallest absolute Gasteiger partial charge is 0.0305 e. The average molecular weight is 294 g/mol. The van der Waals surface area contributed by atoms with Crippen LogP contribution in [0, 0.1) is 0 Å². The van der Waals surface area contributed by atoms with Crippen LogP contribution >= 0.6 is 11.3 Å². The van der Waals surface area contributed by atoms with Gasteiger partial charge in [-0.15, -0.1) is 11.3 Å². The summed E-state index contributed by atoms with van der Waals surface area (Å²) in [6.07, 6.45) is 3.68. The van der Waals surface area contributed by atoms with Crippen LogP contribution < -0.4 is 5.32 Å². The van der Waals surface area contributed by atoms with E-state index in [-0.39, 0.29) is 0 Å². The number of nitrogens with one attached hydrogen (secondary N) is 1. The van der Waals surface area contributed by atoms with Crippen molar-refractivity contribution in [2.45, 2.75) is 19.5 Å². The second kappa shape index (κ2) is 6.66. The number of rotatable bonds is 5. The summed E-state index contributed by atoms with van der Waals surface area (Å²) >= 11 is 1.81. The maximum absolute atomic E-state index is 4.06. The van der Waals surface area contributed by atoms with Crippen LogP contribution in [-0.4, -0.2) is 4.98 Å². The van der Waals surface area contributed by atoms with Gasteiger partial charge in [0, 0.05) is 29.9 Å². The van der Waals surface area contributed by atoms with Crippen LogP contribution in [0.2, 0.25) is 0 Å². The van der Waals surface area contributed by atoms with E-state index >= 15 is 0 Å². The van der Waals surface area contributed by atoms with Gasteiger partial charge in [0.15, 0.2) is 0 Å². The molecule has 0 bridgehead atoms. The average Bonchev–Trinajstić information content (AvgIpc) is 3.03. The van der Waals surface area contributed by atoms with Crippen LogP contribution in [0.3, 0.4) is 0 Å². The molecule has 0 aliphatic rings. The third-order valence-electron chi connectivity index (χ3n) is 3.55. The number of hydrogen-bond donors (Lipinski definition) is 1. The minimum Gasteiger partial charge on any atom is -0.305 e. The van der Waals surface area contributed by atoms with Crippen molar-refractivity contribution < 1.29 is 0 Å². The molecule has 0 saturated heterocycles. The Bertz CT molecular complexity index is 677. The predicted molar refractivity (Wildman–Crippen MR) is 89.2 cm³/mol. The Morgan fingerprint density at radius 3 is 2.57 bits per heavy atom. The maximum atomic E-state index is 4.06. The Hall–Kier alpha value is -1.97. The van der Waals surface area contributed by atoms with Crippen LogP contribution in [-0.2, 0) is 6.54 Å². The van der Waals surface area contributed by atoms with E-state index in [1.54, 1.807) is 11.3 Å². The lowest BCUT2D eigenvalue weighted by Crippen LogP contribution is -2.17. The van der Waals surface area contributed by atoms with Crippen molar-refractivity contribution in [2.75, 3.05) is 0 Å². The highest BCUT2D eigenvalue weighted by atomic mass is 32.1. The second-order valence-corrected chi connectivity index (χ2v) is 6.05. The van der Waals surface area contributed by atoms with E-state index in [1.807, 2.05) is 12.4 Å². The molecule has 2 nitrogen and oxygen atoms in total. The number of thiophene rings is 1. The van der Waals surface area contributed by atoms with Gasteiger partial charge in [-0.1, -0.05) is 30.3 Å². The van der Waals surface area contributed by atoms with Crippen LogP contribution in [0.1, 0.15) is 23.4 Å². The highest BCUT2D eigenvalue weighted by Gasteiger charge is 2.06. The first-order chi connectivity index (χ1) is 10.3. The van der Waals surface area contributed by atoms with Crippen molar-refractivity contribution >= 4 is 11.3 Å². The number of aromatic nitrogens is 1. The van der Waals surface area contributed by atoms with Crippen molar-refractivity contribution in [3.63, 3.8) is 0 Å². The number of pyridine rings is 1. The first-order valence-corrected chi connectivity index (χ1v) is 7.97. The molecule has 1 atom stereocenters. The van der Waals surface area contributed by atoms with Gasteiger partial charge in [0.1, 0.15) is 0 Å². The molecule has 3 rings (SSSR count). The predicted octanol–water partition coefficient (Wildman–Crippen LogP) is 4.66. The van der Waals surface area contributed by atoms with Gasteiger partial charge in [-0.25, -0.2) is 0 Å². The minimum absolute atomic E-state index is 0.329. The Kier molecular flexibility index (Phi) is 4.43. The van der Waals surface area contributed by atoms with Gasteiger partial charge in [0.2, 0.25) is 0 Å². The Morgan fingerprint density at radius 2 is 1.81 bits per heavy atom. The fraction of sp³-hybridized carbons (Fsp3) is 0.167. The third kappa shape index (κ3) is 3.57. The zero-order chi connectivity index (χ0) is 14.5. The molecule has 0 amide bonds. The molecule has 0 radical (unpaired) electrons. The molecule has 0 spiro atoms. The van der Waals surface area contributed by atoms with Gasteiger partial charge >= 0.3 is 0 Å². The molecule has 0 fully saturated rings. The SMILES string of the molecule is C[C@H](NCc1cc(-c2ccccc2)cs1)c1ccncc1. The largest absolute Gasteiger partial charge is 0.305 e. The molecule has 3 heteroatoms. The van der Waals surface area contributed by atoms with Crippen molar-refractivity contribution in [2.24, 2.45) is 0 Å². The number of hydrogen-bond acceptors (Lipinski definition) is 3. The van der Waals surface area contributed by atoms with E-state index in [9.17, 15) is 0 Å². The quantitative estimate of drug-likeness (QED) is 0.740. The Labute approximate surface area is 129 Å². The lowest BCUT2D eigenvalue weighted by Gasteiger charge is -2.12. The molecule has 0 aliphatic heterocycles. The van der Waals surface area contributed by atoms with Gasteiger partial charge in [0.05, 0.1) is 0 Å². The topological polar surface area (TPSA) is 24.9 Å². The monoisotopic (exact) mass is 294 g/mol. The summed E-state index contributed by atoms with van der Waals surface area (Å²) in [4.78, 5) is 5.41. The van der Waals surface area contributed by atoms with Gasteiger partial charge in [-0.05, 0) is 47.2 Å². The number of nitrogens with zero attached hydrogens (tertiary/aromatic N) is 1. The van der Waals surface area contributed by atoms with Crippen molar-refractivity contribution in [3.8, 4) is 11.1 Å². The molecule has 2 heterocycles. The fourth-order valence-corrected chi connectivity index (χ4v) is 3.12. The minimum atomic E-state index is 0.329. The van der Waals surface area contributed by atoms with Crippen LogP contribution in [0.5, 0.6) is 0 Å². The van der Waals surface area contributed by atoms with E-state index in [2.05, 4.69) is 71.1 Å². The zero-order valence-electron chi connectivity index (χ0n) is 12.0. The van der Waals surface area contributed by atoms with E-state index in [1.165, 1.54) is 21.6 Å². The fourth-order valence-electron chi connectivity index (χ4n) is 2.28. The molecular formula is C18H18N2S. The van der Waals surface area contributed by atoms with Gasteiger partial charge in [-0.2, -0.15) is 0 Å². The van der Waals surface area contributed by atoms with Crippen molar-refractivity contribution in [1.29, 1.82) is 0 Å². The third-order valence-corrected chi connectivity index (χ3v) is 4.49. The highest BCUT2D eigenvalue weighted by molar-refractivity contribution is 7.10. The lowest BCUT2D eigenvalue weighted by atomic mass is 10.1. The first kappa shape index (κ1) is 14.0. The van der Waals surface area contributed by atoms with E-state index in [0.29, 0.717) is 6.04 Å². The highest BCUT2D eigenvalue weighted by Crippen LogP contribution is 2.25. The van der Waals surface area contributed by atoms with Crippen LogP contribution in [0.4, 0.5) is 0 Å². The van der Waals surface area contributed by atoms with Crippen LogP contribution in [0.15, 0.2) is 66.3 Å². The Balaban J connectivity index is 1.63. The zero-order valence-corrected chi connectivity index (χ0v) is 12.8. The molecule has 1 aromatic carbocycles. The molecule has 0 aliphatic carbocycles. The molecule has 0 unspecified atom stereocenters. The first-order valence-electron chi connectivity index (χ1n) is 7.09. The Morgan fingerprint density at radius 1 is 1.05 bits per heavy atom. The maximum Gasteiger partial charge on any atom is 0.0305 e. The summed E-state index contributed by atoms with van der Waals surface area (Å²) < 4.78 is 0. The van der Waals surface area contributed by atoms with Crippen molar-refractivity contribution in [3.05, 3.63) is 76.7 Å². The molecule has 2 aromatic heterocycles. The van der Waals surface area contributed by atoms with Crippen molar-refractivity contribution in [1.82, 2.24) is 10.3 Å². The van der Waals surface area contributed by atoms with E-state index < -0.39 is 0 Å². The molecule has 106 valence electrons. The normalized spacial score (nSPS) is 12.2. The summed E-state index contributed by atoms with van der Waals surface area (Å²) in [7, 11) is 0. The summed E-state index contributed by atoms with van der Waals surface area (Å²) in [6, 6.07) is 17.2. The van der Waals surface area contributed by atoms with Crippen LogP contribution in [0.25, 0.3) is 11.1 Å². The second-order valence-electron chi connectivity index (χ2n) is 5.05. The molecule has 0 saturated carbocycles. The lowest BCUT2D eigenvalue weighted by molar-refractivity contribution is 0.578. The molecule has 21 heavy (non-hydrogen) atoms. The summed E-state index contributed by atoms with van der Waals surface area (Å²) in [6.45, 7) is 3.07.